The lowest BCUT2D eigenvalue weighted by atomic mass is 9.84. The molecule has 114 valence electrons. The molecule has 3 rings (SSSR count). The topological polar surface area (TPSA) is 58.4 Å². The number of nitrogens with zero attached hydrogens (tertiary/aromatic N) is 1. The fourth-order valence-corrected chi connectivity index (χ4v) is 4.34. The van der Waals surface area contributed by atoms with Crippen molar-refractivity contribution in [3.8, 4) is 0 Å². The Morgan fingerprint density at radius 2 is 1.85 bits per heavy atom. The van der Waals surface area contributed by atoms with Gasteiger partial charge in [0.05, 0.1) is 0 Å². The van der Waals surface area contributed by atoms with Crippen molar-refractivity contribution < 1.29 is 4.79 Å². The van der Waals surface area contributed by atoms with Crippen molar-refractivity contribution in [1.29, 1.82) is 0 Å². The highest BCUT2D eigenvalue weighted by molar-refractivity contribution is 5.76. The van der Waals surface area contributed by atoms with Crippen LogP contribution in [0.25, 0.3) is 0 Å². The Labute approximate surface area is 122 Å². The van der Waals surface area contributed by atoms with Crippen molar-refractivity contribution >= 4 is 5.91 Å². The summed E-state index contributed by atoms with van der Waals surface area (Å²) in [6.45, 7) is 2.41. The molecule has 0 spiro atoms. The lowest BCUT2D eigenvalue weighted by Gasteiger charge is -2.33. The van der Waals surface area contributed by atoms with Gasteiger partial charge >= 0.3 is 0 Å². The lowest BCUT2D eigenvalue weighted by Crippen LogP contribution is -2.47. The second kappa shape index (κ2) is 6.44. The predicted octanol–water partition coefficient (Wildman–Crippen LogP) is 1.64. The predicted molar refractivity (Wildman–Crippen MR) is 80.3 cm³/mol. The van der Waals surface area contributed by atoms with E-state index in [-0.39, 0.29) is 5.91 Å². The van der Waals surface area contributed by atoms with Gasteiger partial charge in [-0.15, -0.1) is 0 Å². The quantitative estimate of drug-likeness (QED) is 0.825. The Morgan fingerprint density at radius 1 is 1.05 bits per heavy atom. The van der Waals surface area contributed by atoms with Crippen LogP contribution in [0.5, 0.6) is 0 Å². The van der Waals surface area contributed by atoms with Gasteiger partial charge in [0.15, 0.2) is 0 Å². The molecule has 2 saturated heterocycles. The Hall–Kier alpha value is -0.610. The molecule has 20 heavy (non-hydrogen) atoms. The average Bonchev–Trinajstić information content (AvgIpc) is 2.85. The minimum atomic E-state index is 0.280. The van der Waals surface area contributed by atoms with Crippen LogP contribution in [-0.2, 0) is 4.79 Å². The lowest BCUT2D eigenvalue weighted by molar-refractivity contribution is -0.123. The van der Waals surface area contributed by atoms with Gasteiger partial charge in [-0.25, -0.2) is 0 Å². The zero-order chi connectivity index (χ0) is 13.9. The van der Waals surface area contributed by atoms with E-state index in [4.69, 9.17) is 5.73 Å². The van der Waals surface area contributed by atoms with Crippen molar-refractivity contribution in [2.24, 2.45) is 11.7 Å². The van der Waals surface area contributed by atoms with Gasteiger partial charge in [0, 0.05) is 31.1 Å². The summed E-state index contributed by atoms with van der Waals surface area (Å²) in [6, 6.07) is 1.40. The summed E-state index contributed by atoms with van der Waals surface area (Å²) in [7, 11) is 0. The maximum atomic E-state index is 12.3. The largest absolute Gasteiger partial charge is 0.352 e. The second-order valence-corrected chi connectivity index (χ2v) is 7.05. The van der Waals surface area contributed by atoms with Crippen molar-refractivity contribution in [2.75, 3.05) is 13.1 Å². The average molecular weight is 279 g/mol. The second-order valence-electron chi connectivity index (χ2n) is 7.05. The number of carbonyl (C=O) groups excluding carboxylic acids is 1. The van der Waals surface area contributed by atoms with E-state index in [0.29, 0.717) is 24.0 Å². The number of nitrogens with two attached hydrogens (primary N) is 1. The number of rotatable bonds is 3. The molecule has 4 heteroatoms. The van der Waals surface area contributed by atoms with Gasteiger partial charge in [0.2, 0.25) is 5.91 Å². The number of amides is 1. The van der Waals surface area contributed by atoms with Gasteiger partial charge in [0.25, 0.3) is 0 Å². The molecule has 3 aliphatic rings. The molecule has 3 N–H and O–H groups in total. The SMILES string of the molecule is NC1CCC(CC(=O)NC2CCN3CCCCC23)CC1. The number of fused-ring (bicyclic) bond motifs is 1. The maximum absolute atomic E-state index is 12.3. The molecule has 2 heterocycles. The molecule has 2 atom stereocenters. The number of nitrogens with one attached hydrogen (secondary N) is 1. The standard InChI is InChI=1S/C16H29N3O/c17-13-6-4-12(5-7-13)11-16(20)18-14-8-10-19-9-2-1-3-15(14)19/h12-15H,1-11,17H2,(H,18,20). The van der Waals surface area contributed by atoms with E-state index in [9.17, 15) is 4.79 Å². The maximum Gasteiger partial charge on any atom is 0.220 e. The number of piperidine rings is 1. The molecule has 1 amide bonds. The highest BCUT2D eigenvalue weighted by atomic mass is 16.1. The van der Waals surface area contributed by atoms with Gasteiger partial charge in [-0.3, -0.25) is 9.69 Å². The molecule has 0 aromatic carbocycles. The summed E-state index contributed by atoms with van der Waals surface area (Å²) in [5, 5.41) is 3.32. The molecule has 3 fully saturated rings. The molecular weight excluding hydrogens is 250 g/mol. The number of carbonyl (C=O) groups is 1. The molecule has 0 aromatic heterocycles. The first-order valence-electron chi connectivity index (χ1n) is 8.51. The summed E-state index contributed by atoms with van der Waals surface area (Å²) < 4.78 is 0. The molecular formula is C16H29N3O. The van der Waals surface area contributed by atoms with Crippen LogP contribution < -0.4 is 11.1 Å². The summed E-state index contributed by atoms with van der Waals surface area (Å²) in [6.07, 6.45) is 10.2. The highest BCUT2D eigenvalue weighted by Gasteiger charge is 2.36. The zero-order valence-corrected chi connectivity index (χ0v) is 12.5. The van der Waals surface area contributed by atoms with Crippen LogP contribution >= 0.6 is 0 Å². The number of hydrogen-bond donors (Lipinski definition) is 2. The first-order chi connectivity index (χ1) is 9.72. The van der Waals surface area contributed by atoms with Crippen LogP contribution in [0.4, 0.5) is 0 Å². The van der Waals surface area contributed by atoms with E-state index in [1.54, 1.807) is 0 Å². The van der Waals surface area contributed by atoms with Crippen LogP contribution in [0.15, 0.2) is 0 Å². The van der Waals surface area contributed by atoms with E-state index < -0.39 is 0 Å². The third kappa shape index (κ3) is 3.34. The first-order valence-corrected chi connectivity index (χ1v) is 8.51. The van der Waals surface area contributed by atoms with Gasteiger partial charge < -0.3 is 11.1 Å². The fourth-order valence-electron chi connectivity index (χ4n) is 4.34. The molecule has 1 aliphatic carbocycles. The molecule has 4 nitrogen and oxygen atoms in total. The minimum Gasteiger partial charge on any atom is -0.352 e. The summed E-state index contributed by atoms with van der Waals surface area (Å²) in [5.41, 5.74) is 5.93. The zero-order valence-electron chi connectivity index (χ0n) is 12.5. The Balaban J connectivity index is 1.44. The Kier molecular flexibility index (Phi) is 4.61. The smallest absolute Gasteiger partial charge is 0.220 e. The molecule has 2 unspecified atom stereocenters. The third-order valence-corrected chi connectivity index (χ3v) is 5.57. The first kappa shape index (κ1) is 14.3. The molecule has 0 aromatic rings. The van der Waals surface area contributed by atoms with Crippen molar-refractivity contribution in [3.63, 3.8) is 0 Å². The Bertz CT molecular complexity index is 339. The van der Waals surface area contributed by atoms with E-state index in [1.165, 1.54) is 32.4 Å². The van der Waals surface area contributed by atoms with Crippen molar-refractivity contribution in [2.45, 2.75) is 75.9 Å². The fraction of sp³-hybridized carbons (Fsp3) is 0.938. The van der Waals surface area contributed by atoms with Crippen LogP contribution in [0, 0.1) is 5.92 Å². The normalized spacial score (nSPS) is 38.5. The highest BCUT2D eigenvalue weighted by Crippen LogP contribution is 2.28. The van der Waals surface area contributed by atoms with Crippen LogP contribution in [-0.4, -0.2) is 42.0 Å². The molecule has 2 aliphatic heterocycles. The van der Waals surface area contributed by atoms with Crippen LogP contribution in [0.1, 0.15) is 57.8 Å². The molecule has 0 bridgehead atoms. The van der Waals surface area contributed by atoms with Gasteiger partial charge in [0.1, 0.15) is 0 Å². The van der Waals surface area contributed by atoms with E-state index in [2.05, 4.69) is 10.2 Å². The third-order valence-electron chi connectivity index (χ3n) is 5.57. The van der Waals surface area contributed by atoms with Crippen LogP contribution in [0.2, 0.25) is 0 Å². The monoisotopic (exact) mass is 279 g/mol. The van der Waals surface area contributed by atoms with Crippen LogP contribution in [0.3, 0.4) is 0 Å². The summed E-state index contributed by atoms with van der Waals surface area (Å²) in [5.74, 6) is 0.849. The van der Waals surface area contributed by atoms with E-state index in [1.807, 2.05) is 0 Å². The van der Waals surface area contributed by atoms with Crippen molar-refractivity contribution in [3.05, 3.63) is 0 Å². The Morgan fingerprint density at radius 3 is 2.65 bits per heavy atom. The molecule has 0 radical (unpaired) electrons. The van der Waals surface area contributed by atoms with E-state index in [0.717, 1.165) is 38.5 Å². The minimum absolute atomic E-state index is 0.280. The van der Waals surface area contributed by atoms with Gasteiger partial charge in [-0.05, 0) is 57.4 Å². The number of hydrogen-bond acceptors (Lipinski definition) is 3. The van der Waals surface area contributed by atoms with Crippen molar-refractivity contribution in [1.82, 2.24) is 10.2 Å². The molecule has 1 saturated carbocycles. The summed E-state index contributed by atoms with van der Waals surface area (Å²) >= 11 is 0. The summed E-state index contributed by atoms with van der Waals surface area (Å²) in [4.78, 5) is 14.8. The van der Waals surface area contributed by atoms with Gasteiger partial charge in [-0.2, -0.15) is 0 Å². The van der Waals surface area contributed by atoms with E-state index >= 15 is 0 Å². The van der Waals surface area contributed by atoms with Gasteiger partial charge in [-0.1, -0.05) is 6.42 Å².